The van der Waals surface area contributed by atoms with Gasteiger partial charge in [0.25, 0.3) is 0 Å². The topological polar surface area (TPSA) is 134 Å². The molecule has 5 rings (SSSR count). The van der Waals surface area contributed by atoms with Crippen LogP contribution in [0.1, 0.15) is 5.56 Å². The van der Waals surface area contributed by atoms with Crippen molar-refractivity contribution in [3.05, 3.63) is 54.4 Å². The van der Waals surface area contributed by atoms with Crippen molar-refractivity contribution in [2.24, 2.45) is 0 Å². The minimum absolute atomic E-state index is 0.155. The summed E-state index contributed by atoms with van der Waals surface area (Å²) in [7, 11) is -4.71. The molecule has 4 heterocycles. The van der Waals surface area contributed by atoms with Gasteiger partial charge in [-0.15, -0.1) is 8.98 Å². The van der Waals surface area contributed by atoms with Gasteiger partial charge >= 0.3 is 10.2 Å². The van der Waals surface area contributed by atoms with Crippen LogP contribution < -0.4 is 5.73 Å². The van der Waals surface area contributed by atoms with Gasteiger partial charge < -0.3 is 10.2 Å². The molecule has 0 radical (unpaired) electrons. The maximum Gasteiger partial charge on any atom is 0.332 e. The first-order chi connectivity index (χ1) is 14.4. The molecule has 0 saturated heterocycles. The number of aromatic nitrogens is 6. The number of benzene rings is 1. The lowest BCUT2D eigenvalue weighted by molar-refractivity contribution is 0.552. The zero-order valence-corrected chi connectivity index (χ0v) is 16.1. The van der Waals surface area contributed by atoms with Crippen LogP contribution in [-0.2, 0) is 23.2 Å². The zero-order valence-electron chi connectivity index (χ0n) is 15.3. The molecule has 12 heteroatoms. The molecular weight excluding hydrogens is 413 g/mol. The van der Waals surface area contributed by atoms with Gasteiger partial charge in [-0.3, -0.25) is 0 Å². The average Bonchev–Trinajstić information content (AvgIpc) is 3.45. The largest absolute Gasteiger partial charge is 0.461 e. The highest BCUT2D eigenvalue weighted by molar-refractivity contribution is 7.86. The number of nitrogens with two attached hydrogens (primary N) is 1. The predicted molar refractivity (Wildman–Crippen MR) is 105 cm³/mol. The van der Waals surface area contributed by atoms with Crippen molar-refractivity contribution in [3.8, 4) is 11.6 Å². The van der Waals surface area contributed by atoms with Gasteiger partial charge in [0.1, 0.15) is 0 Å². The monoisotopic (exact) mass is 427 g/mol. The standard InChI is InChI=1S/C18H14FN7O3S/c19-30(27,28)12-5-3-11(4-6-12)7-8-25-16-13(10-21-25)17-22-15(14-2-1-9-29-14)24-26(17)18(20)23-16/h1-6,9-10H,7-8H2,(H2,20,23). The maximum absolute atomic E-state index is 13.0. The van der Waals surface area contributed by atoms with Gasteiger partial charge in [-0.2, -0.15) is 23.0 Å². The van der Waals surface area contributed by atoms with Crippen LogP contribution >= 0.6 is 0 Å². The molecule has 0 bridgehead atoms. The molecule has 0 fully saturated rings. The van der Waals surface area contributed by atoms with Gasteiger partial charge in [-0.05, 0) is 36.2 Å². The highest BCUT2D eigenvalue weighted by atomic mass is 32.3. The van der Waals surface area contributed by atoms with Crippen LogP contribution in [0.4, 0.5) is 9.83 Å². The fraction of sp³-hybridized carbons (Fsp3) is 0.111. The van der Waals surface area contributed by atoms with Gasteiger partial charge in [-0.25, -0.2) is 9.67 Å². The first-order valence-electron chi connectivity index (χ1n) is 8.85. The Bertz CT molecular complexity index is 1470. The van der Waals surface area contributed by atoms with Crippen molar-refractivity contribution >= 4 is 32.9 Å². The Labute approximate surface area is 169 Å². The molecule has 10 nitrogen and oxygen atoms in total. The Morgan fingerprint density at radius 3 is 2.60 bits per heavy atom. The number of hydrogen-bond acceptors (Lipinski definition) is 8. The molecule has 0 atom stereocenters. The van der Waals surface area contributed by atoms with Crippen molar-refractivity contribution in [2.75, 3.05) is 5.73 Å². The lowest BCUT2D eigenvalue weighted by Gasteiger charge is -2.05. The molecule has 152 valence electrons. The van der Waals surface area contributed by atoms with Gasteiger partial charge in [0.2, 0.25) is 11.8 Å². The molecule has 0 amide bonds. The van der Waals surface area contributed by atoms with Gasteiger partial charge in [0.05, 0.1) is 22.7 Å². The number of fused-ring (bicyclic) bond motifs is 3. The molecule has 5 aromatic rings. The third-order valence-corrected chi connectivity index (χ3v) is 5.49. The molecule has 0 saturated carbocycles. The van der Waals surface area contributed by atoms with E-state index in [0.29, 0.717) is 41.2 Å². The van der Waals surface area contributed by atoms with Gasteiger partial charge in [0, 0.05) is 6.54 Å². The lowest BCUT2D eigenvalue weighted by atomic mass is 10.1. The summed E-state index contributed by atoms with van der Waals surface area (Å²) in [6, 6.07) is 9.08. The molecule has 0 unspecified atom stereocenters. The van der Waals surface area contributed by atoms with Crippen LogP contribution in [0.5, 0.6) is 0 Å². The summed E-state index contributed by atoms with van der Waals surface area (Å²) in [6.07, 6.45) is 3.70. The van der Waals surface area contributed by atoms with E-state index in [1.165, 1.54) is 22.9 Å². The van der Waals surface area contributed by atoms with Crippen LogP contribution in [0.25, 0.3) is 28.3 Å². The minimum Gasteiger partial charge on any atom is -0.461 e. The zero-order chi connectivity index (χ0) is 20.9. The predicted octanol–water partition coefficient (Wildman–Crippen LogP) is 2.22. The first-order valence-corrected chi connectivity index (χ1v) is 10.2. The maximum atomic E-state index is 13.0. The van der Waals surface area contributed by atoms with E-state index in [4.69, 9.17) is 10.2 Å². The Kier molecular flexibility index (Phi) is 4.03. The van der Waals surface area contributed by atoms with E-state index in [0.717, 1.165) is 5.56 Å². The highest BCUT2D eigenvalue weighted by Crippen LogP contribution is 2.23. The summed E-state index contributed by atoms with van der Waals surface area (Å²) in [5.74, 6) is 1.05. The quantitative estimate of drug-likeness (QED) is 0.422. The lowest BCUT2D eigenvalue weighted by Crippen LogP contribution is -2.07. The molecule has 0 spiro atoms. The summed E-state index contributed by atoms with van der Waals surface area (Å²) in [5, 5.41) is 9.39. The third kappa shape index (κ3) is 3.06. The fourth-order valence-electron chi connectivity index (χ4n) is 3.18. The van der Waals surface area contributed by atoms with E-state index in [1.807, 2.05) is 0 Å². The van der Waals surface area contributed by atoms with Crippen LogP contribution in [0, 0.1) is 0 Å². The normalized spacial score (nSPS) is 12.2. The van der Waals surface area contributed by atoms with Gasteiger partial charge in [-0.1, -0.05) is 12.1 Å². The van der Waals surface area contributed by atoms with Crippen molar-refractivity contribution in [3.63, 3.8) is 0 Å². The number of furan rings is 1. The molecule has 4 aromatic heterocycles. The van der Waals surface area contributed by atoms with Crippen molar-refractivity contribution in [2.45, 2.75) is 17.9 Å². The number of anilines is 1. The Morgan fingerprint density at radius 2 is 1.90 bits per heavy atom. The molecule has 0 aliphatic carbocycles. The van der Waals surface area contributed by atoms with Crippen molar-refractivity contribution < 1.29 is 16.7 Å². The van der Waals surface area contributed by atoms with Crippen molar-refractivity contribution in [1.82, 2.24) is 29.4 Å². The third-order valence-electron chi connectivity index (χ3n) is 4.66. The second-order valence-corrected chi connectivity index (χ2v) is 7.90. The molecule has 0 aliphatic heterocycles. The second-order valence-electron chi connectivity index (χ2n) is 6.55. The van der Waals surface area contributed by atoms with E-state index < -0.39 is 10.2 Å². The fourth-order valence-corrected chi connectivity index (χ4v) is 3.65. The molecule has 2 N–H and O–H groups in total. The van der Waals surface area contributed by atoms with E-state index in [9.17, 15) is 12.3 Å². The SMILES string of the molecule is Nc1nc2c(cnn2CCc2ccc(S(=O)(=O)F)cc2)c2nc(-c3ccco3)nn12. The number of rotatable bonds is 5. The van der Waals surface area contributed by atoms with Crippen LogP contribution in [-0.4, -0.2) is 37.8 Å². The van der Waals surface area contributed by atoms with Crippen LogP contribution in [0.3, 0.4) is 0 Å². The minimum atomic E-state index is -4.71. The first kappa shape index (κ1) is 18.2. The summed E-state index contributed by atoms with van der Waals surface area (Å²) in [5.41, 5.74) is 7.94. The summed E-state index contributed by atoms with van der Waals surface area (Å²) < 4.78 is 43.3. The van der Waals surface area contributed by atoms with E-state index >= 15 is 0 Å². The summed E-state index contributed by atoms with van der Waals surface area (Å²) >= 11 is 0. The highest BCUT2D eigenvalue weighted by Gasteiger charge is 2.17. The van der Waals surface area contributed by atoms with E-state index in [1.54, 1.807) is 35.1 Å². The molecule has 1 aromatic carbocycles. The number of hydrogen-bond donors (Lipinski definition) is 1. The molecule has 30 heavy (non-hydrogen) atoms. The Balaban J connectivity index is 1.47. The molecular formula is C18H14FN7O3S. The van der Waals surface area contributed by atoms with Crippen molar-refractivity contribution in [1.29, 1.82) is 0 Å². The Morgan fingerprint density at radius 1 is 1.10 bits per heavy atom. The number of aryl methyl sites for hydroxylation is 2. The van der Waals surface area contributed by atoms with Crippen LogP contribution in [0.2, 0.25) is 0 Å². The average molecular weight is 427 g/mol. The smallest absolute Gasteiger partial charge is 0.332 e. The van der Waals surface area contributed by atoms with Crippen LogP contribution in [0.15, 0.2) is 58.2 Å². The van der Waals surface area contributed by atoms with E-state index in [2.05, 4.69) is 20.2 Å². The Hall–Kier alpha value is -3.80. The van der Waals surface area contributed by atoms with E-state index in [-0.39, 0.29) is 10.8 Å². The van der Waals surface area contributed by atoms with Gasteiger partial charge in [0.15, 0.2) is 17.1 Å². The summed E-state index contributed by atoms with van der Waals surface area (Å²) in [4.78, 5) is 8.53. The number of nitrogens with zero attached hydrogens (tertiary/aromatic N) is 6. The number of halogens is 1. The summed E-state index contributed by atoms with van der Waals surface area (Å²) in [6.45, 7) is 0.451. The molecule has 0 aliphatic rings. The second kappa shape index (κ2) is 6.62. The number of nitrogen functional groups attached to an aromatic ring is 1.